The van der Waals surface area contributed by atoms with Crippen molar-refractivity contribution in [1.82, 2.24) is 19.8 Å². The van der Waals surface area contributed by atoms with Crippen molar-refractivity contribution in [3.8, 4) is 0 Å². The van der Waals surface area contributed by atoms with E-state index in [0.717, 1.165) is 16.7 Å². The van der Waals surface area contributed by atoms with Crippen molar-refractivity contribution in [2.24, 2.45) is 0 Å². The van der Waals surface area contributed by atoms with Crippen molar-refractivity contribution in [2.75, 3.05) is 26.2 Å². The molecule has 6 heteroatoms. The summed E-state index contributed by atoms with van der Waals surface area (Å²) in [4.78, 5) is 37.1. The van der Waals surface area contributed by atoms with E-state index in [1.165, 1.54) is 12.4 Å². The van der Waals surface area contributed by atoms with Gasteiger partial charge in [0.15, 0.2) is 0 Å². The Hall–Kier alpha value is -2.76. The van der Waals surface area contributed by atoms with E-state index in [-0.39, 0.29) is 17.2 Å². The van der Waals surface area contributed by atoms with Crippen LogP contribution in [0.3, 0.4) is 0 Å². The molecule has 2 amide bonds. The zero-order valence-electron chi connectivity index (χ0n) is 16.4. The molecular weight excluding hydrogens is 340 g/mol. The van der Waals surface area contributed by atoms with Gasteiger partial charge in [-0.05, 0) is 29.5 Å². The third-order valence-corrected chi connectivity index (χ3v) is 4.97. The number of carbonyl (C=O) groups excluding carboxylic acids is 2. The molecule has 1 aliphatic heterocycles. The lowest BCUT2D eigenvalue weighted by molar-refractivity contribution is 0.0531. The molecule has 1 fully saturated rings. The predicted octanol–water partition coefficient (Wildman–Crippen LogP) is 2.68. The first-order valence-electron chi connectivity index (χ1n) is 9.23. The molecule has 0 atom stereocenters. The van der Waals surface area contributed by atoms with E-state index in [0.29, 0.717) is 31.9 Å². The highest BCUT2D eigenvalue weighted by Crippen LogP contribution is 2.25. The molecule has 0 unspecified atom stereocenters. The Kier molecular flexibility index (Phi) is 5.26. The molecular formula is C21H26N4O2. The van der Waals surface area contributed by atoms with Crippen LogP contribution < -0.4 is 0 Å². The van der Waals surface area contributed by atoms with Crippen LogP contribution in [-0.2, 0) is 5.41 Å². The van der Waals surface area contributed by atoms with Gasteiger partial charge in [-0.25, -0.2) is 4.98 Å². The second-order valence-electron chi connectivity index (χ2n) is 7.95. The number of aromatic nitrogens is 2. The van der Waals surface area contributed by atoms with E-state index in [1.807, 2.05) is 24.0 Å². The third-order valence-electron chi connectivity index (χ3n) is 4.97. The second kappa shape index (κ2) is 7.47. The zero-order valence-corrected chi connectivity index (χ0v) is 16.4. The van der Waals surface area contributed by atoms with Crippen LogP contribution >= 0.6 is 0 Å². The molecule has 0 aliphatic carbocycles. The molecule has 0 saturated carbocycles. The number of aryl methyl sites for hydroxylation is 1. The minimum Gasteiger partial charge on any atom is -0.335 e. The zero-order chi connectivity index (χ0) is 19.6. The first-order valence-corrected chi connectivity index (χ1v) is 9.23. The van der Waals surface area contributed by atoms with Gasteiger partial charge in [-0.3, -0.25) is 14.6 Å². The lowest BCUT2D eigenvalue weighted by atomic mass is 9.85. The van der Waals surface area contributed by atoms with Gasteiger partial charge in [0.25, 0.3) is 11.8 Å². The number of benzene rings is 1. The second-order valence-corrected chi connectivity index (χ2v) is 7.95. The largest absolute Gasteiger partial charge is 0.335 e. The average Bonchev–Trinajstić information content (AvgIpc) is 2.67. The van der Waals surface area contributed by atoms with E-state index >= 15 is 0 Å². The van der Waals surface area contributed by atoms with Crippen molar-refractivity contribution in [3.63, 3.8) is 0 Å². The van der Waals surface area contributed by atoms with Gasteiger partial charge >= 0.3 is 0 Å². The van der Waals surface area contributed by atoms with Crippen molar-refractivity contribution in [2.45, 2.75) is 33.1 Å². The smallest absolute Gasteiger partial charge is 0.274 e. The molecule has 2 aromatic rings. The average molecular weight is 366 g/mol. The van der Waals surface area contributed by atoms with Crippen LogP contribution in [0.4, 0.5) is 0 Å². The number of rotatable bonds is 2. The van der Waals surface area contributed by atoms with E-state index in [2.05, 4.69) is 36.8 Å². The van der Waals surface area contributed by atoms with Crippen LogP contribution in [0.5, 0.6) is 0 Å². The maximum atomic E-state index is 13.0. The number of carbonyl (C=O) groups is 2. The summed E-state index contributed by atoms with van der Waals surface area (Å²) in [6.07, 6.45) is 4.53. The summed E-state index contributed by atoms with van der Waals surface area (Å²) in [7, 11) is 0. The van der Waals surface area contributed by atoms with Crippen molar-refractivity contribution in [1.29, 1.82) is 0 Å². The maximum absolute atomic E-state index is 13.0. The molecule has 27 heavy (non-hydrogen) atoms. The van der Waals surface area contributed by atoms with Gasteiger partial charge in [0.2, 0.25) is 0 Å². The molecule has 1 aromatic heterocycles. The highest BCUT2D eigenvalue weighted by Gasteiger charge is 2.27. The van der Waals surface area contributed by atoms with E-state index in [9.17, 15) is 9.59 Å². The molecule has 3 rings (SSSR count). The lowest BCUT2D eigenvalue weighted by Crippen LogP contribution is -2.50. The Morgan fingerprint density at radius 1 is 0.963 bits per heavy atom. The van der Waals surface area contributed by atoms with E-state index < -0.39 is 0 Å². The van der Waals surface area contributed by atoms with Gasteiger partial charge in [-0.2, -0.15) is 0 Å². The predicted molar refractivity (Wildman–Crippen MR) is 104 cm³/mol. The summed E-state index contributed by atoms with van der Waals surface area (Å²) in [5, 5.41) is 0. The molecule has 0 bridgehead atoms. The third kappa shape index (κ3) is 4.15. The normalized spacial score (nSPS) is 15.0. The number of amides is 2. The highest BCUT2D eigenvalue weighted by molar-refractivity contribution is 5.96. The van der Waals surface area contributed by atoms with Gasteiger partial charge in [0.05, 0.1) is 6.20 Å². The molecule has 0 radical (unpaired) electrons. The molecule has 0 N–H and O–H groups in total. The van der Waals surface area contributed by atoms with Gasteiger partial charge in [-0.15, -0.1) is 0 Å². The summed E-state index contributed by atoms with van der Waals surface area (Å²) in [6.45, 7) is 10.4. The maximum Gasteiger partial charge on any atom is 0.274 e. The SMILES string of the molecule is Cc1ccc(C(C)(C)C)cc1C(=O)N1CCN(C(=O)c2cnccn2)CC1. The first-order chi connectivity index (χ1) is 12.8. The Bertz CT molecular complexity index is 835. The van der Waals surface area contributed by atoms with Gasteiger partial charge in [0.1, 0.15) is 5.69 Å². The molecule has 1 aliphatic rings. The van der Waals surface area contributed by atoms with E-state index in [1.54, 1.807) is 11.1 Å². The summed E-state index contributed by atoms with van der Waals surface area (Å²) < 4.78 is 0. The van der Waals surface area contributed by atoms with Crippen LogP contribution in [-0.4, -0.2) is 57.8 Å². The summed E-state index contributed by atoms with van der Waals surface area (Å²) >= 11 is 0. The topological polar surface area (TPSA) is 66.4 Å². The summed E-state index contributed by atoms with van der Waals surface area (Å²) in [5.74, 6) is -0.105. The van der Waals surface area contributed by atoms with Crippen LogP contribution in [0.25, 0.3) is 0 Å². The highest BCUT2D eigenvalue weighted by atomic mass is 16.2. The van der Waals surface area contributed by atoms with Gasteiger partial charge in [0, 0.05) is 44.1 Å². The molecule has 1 aromatic carbocycles. The van der Waals surface area contributed by atoms with Gasteiger partial charge < -0.3 is 9.80 Å². The van der Waals surface area contributed by atoms with E-state index in [4.69, 9.17) is 0 Å². The van der Waals surface area contributed by atoms with Gasteiger partial charge in [-0.1, -0.05) is 32.9 Å². The van der Waals surface area contributed by atoms with Crippen molar-refractivity contribution >= 4 is 11.8 Å². The number of piperazine rings is 1. The molecule has 6 nitrogen and oxygen atoms in total. The molecule has 0 spiro atoms. The lowest BCUT2D eigenvalue weighted by Gasteiger charge is -2.35. The molecule has 2 heterocycles. The Morgan fingerprint density at radius 2 is 1.59 bits per heavy atom. The fourth-order valence-electron chi connectivity index (χ4n) is 3.17. The van der Waals surface area contributed by atoms with Crippen molar-refractivity contribution in [3.05, 3.63) is 59.2 Å². The summed E-state index contributed by atoms with van der Waals surface area (Å²) in [6, 6.07) is 6.11. The minimum atomic E-state index is -0.138. The molecule has 1 saturated heterocycles. The Morgan fingerprint density at radius 3 is 2.15 bits per heavy atom. The first kappa shape index (κ1) is 19.0. The van der Waals surface area contributed by atoms with Crippen LogP contribution in [0.1, 0.15) is 52.7 Å². The quantitative estimate of drug-likeness (QED) is 0.820. The van der Waals surface area contributed by atoms with Crippen LogP contribution in [0.15, 0.2) is 36.8 Å². The monoisotopic (exact) mass is 366 g/mol. The fourth-order valence-corrected chi connectivity index (χ4v) is 3.17. The Labute approximate surface area is 160 Å². The number of hydrogen-bond acceptors (Lipinski definition) is 4. The summed E-state index contributed by atoms with van der Waals surface area (Å²) in [5.41, 5.74) is 3.20. The van der Waals surface area contributed by atoms with Crippen molar-refractivity contribution < 1.29 is 9.59 Å². The minimum absolute atomic E-state index is 0.00936. The standard InChI is InChI=1S/C21H26N4O2/c1-15-5-6-16(21(2,3)4)13-17(15)19(26)24-9-11-25(12-10-24)20(27)18-14-22-7-8-23-18/h5-8,13-14H,9-12H2,1-4H3. The van der Waals surface area contributed by atoms with Crippen LogP contribution in [0, 0.1) is 6.92 Å². The number of nitrogens with zero attached hydrogens (tertiary/aromatic N) is 4. The fraction of sp³-hybridized carbons (Fsp3) is 0.429. The molecule has 142 valence electrons. The Balaban J connectivity index is 1.70. The van der Waals surface area contributed by atoms with Crippen LogP contribution in [0.2, 0.25) is 0 Å². The number of hydrogen-bond donors (Lipinski definition) is 0.